The lowest BCUT2D eigenvalue weighted by molar-refractivity contribution is 0.0943. The average molecular weight is 397 g/mol. The molecule has 0 atom stereocenters. The highest BCUT2D eigenvalue weighted by atomic mass is 32.2. The molecule has 1 amide bonds. The smallest absolute Gasteiger partial charge is 0.271 e. The first-order chi connectivity index (χ1) is 11.9. The number of thiophene rings is 1. The number of rotatable bonds is 5. The van der Waals surface area contributed by atoms with Crippen LogP contribution in [0, 0.1) is 0 Å². The molecule has 0 bridgehead atoms. The van der Waals surface area contributed by atoms with E-state index in [2.05, 4.69) is 20.9 Å². The van der Waals surface area contributed by atoms with Crippen LogP contribution in [0.15, 0.2) is 46.0 Å². The summed E-state index contributed by atoms with van der Waals surface area (Å²) in [6.45, 7) is 0. The molecule has 1 aliphatic carbocycles. The van der Waals surface area contributed by atoms with Gasteiger partial charge >= 0.3 is 0 Å². The monoisotopic (exact) mass is 396 g/mol. The summed E-state index contributed by atoms with van der Waals surface area (Å²) < 4.78 is 27.0. The van der Waals surface area contributed by atoms with Gasteiger partial charge in [0.2, 0.25) is 0 Å². The van der Waals surface area contributed by atoms with E-state index in [1.165, 1.54) is 30.3 Å². The zero-order valence-electron chi connectivity index (χ0n) is 13.0. The SMILES string of the molecule is O=C(NNC(=S)NC1CC1)c1ccc(NS(=O)(=O)c2cccs2)cc1. The Labute approximate surface area is 154 Å². The Morgan fingerprint density at radius 3 is 2.44 bits per heavy atom. The number of amides is 1. The van der Waals surface area contributed by atoms with Gasteiger partial charge in [0.05, 0.1) is 0 Å². The molecule has 0 saturated heterocycles. The summed E-state index contributed by atoms with van der Waals surface area (Å²) in [5.74, 6) is -0.368. The summed E-state index contributed by atoms with van der Waals surface area (Å²) in [4.78, 5) is 12.0. The number of carbonyl (C=O) groups is 1. The highest BCUT2D eigenvalue weighted by molar-refractivity contribution is 7.94. The van der Waals surface area contributed by atoms with Gasteiger partial charge in [0.25, 0.3) is 15.9 Å². The van der Waals surface area contributed by atoms with Crippen molar-refractivity contribution < 1.29 is 13.2 Å². The second-order valence-electron chi connectivity index (χ2n) is 5.44. The molecule has 0 aliphatic heterocycles. The number of anilines is 1. The fourth-order valence-electron chi connectivity index (χ4n) is 1.95. The molecule has 0 radical (unpaired) electrons. The van der Waals surface area contributed by atoms with Crippen molar-refractivity contribution in [3.05, 3.63) is 47.3 Å². The van der Waals surface area contributed by atoms with E-state index >= 15 is 0 Å². The van der Waals surface area contributed by atoms with Crippen LogP contribution in [-0.4, -0.2) is 25.5 Å². The Balaban J connectivity index is 1.56. The summed E-state index contributed by atoms with van der Waals surface area (Å²) in [6, 6.07) is 9.71. The first-order valence-corrected chi connectivity index (χ1v) is 10.2. The van der Waals surface area contributed by atoms with Gasteiger partial charge in [-0.1, -0.05) is 6.07 Å². The van der Waals surface area contributed by atoms with Gasteiger partial charge in [-0.25, -0.2) is 8.42 Å². The van der Waals surface area contributed by atoms with Gasteiger partial charge in [0.15, 0.2) is 5.11 Å². The van der Waals surface area contributed by atoms with Crippen molar-refractivity contribution in [3.8, 4) is 0 Å². The molecule has 0 unspecified atom stereocenters. The molecule has 0 spiro atoms. The van der Waals surface area contributed by atoms with Gasteiger partial charge in [0.1, 0.15) is 4.21 Å². The maximum Gasteiger partial charge on any atom is 0.271 e. The van der Waals surface area contributed by atoms with E-state index in [0.717, 1.165) is 24.2 Å². The normalized spacial score (nSPS) is 13.8. The van der Waals surface area contributed by atoms with Gasteiger partial charge in [-0.05, 0) is 60.8 Å². The van der Waals surface area contributed by atoms with Gasteiger partial charge in [-0.2, -0.15) is 0 Å². The molecule has 4 N–H and O–H groups in total. The Kier molecular flexibility index (Phi) is 5.21. The lowest BCUT2D eigenvalue weighted by Crippen LogP contribution is -2.47. The van der Waals surface area contributed by atoms with Gasteiger partial charge < -0.3 is 5.32 Å². The van der Waals surface area contributed by atoms with E-state index in [4.69, 9.17) is 12.2 Å². The van der Waals surface area contributed by atoms with Gasteiger partial charge in [0, 0.05) is 17.3 Å². The average Bonchev–Trinajstić information content (AvgIpc) is 3.20. The minimum absolute atomic E-state index is 0.232. The molecule has 2 aromatic rings. The molecular weight excluding hydrogens is 380 g/mol. The Hall–Kier alpha value is -2.17. The van der Waals surface area contributed by atoms with Crippen LogP contribution in [0.5, 0.6) is 0 Å². The predicted molar refractivity (Wildman–Crippen MR) is 101 cm³/mol. The lowest BCUT2D eigenvalue weighted by atomic mass is 10.2. The number of hydrogen-bond donors (Lipinski definition) is 4. The van der Waals surface area contributed by atoms with Crippen LogP contribution in [0.3, 0.4) is 0 Å². The van der Waals surface area contributed by atoms with E-state index in [1.807, 2.05) is 0 Å². The number of hydrogen-bond acceptors (Lipinski definition) is 5. The summed E-state index contributed by atoms with van der Waals surface area (Å²) in [5.41, 5.74) is 5.88. The van der Waals surface area contributed by atoms with Crippen LogP contribution in [0.2, 0.25) is 0 Å². The number of benzene rings is 1. The molecule has 3 rings (SSSR count). The third-order valence-electron chi connectivity index (χ3n) is 3.36. The van der Waals surface area contributed by atoms with E-state index in [9.17, 15) is 13.2 Å². The van der Waals surface area contributed by atoms with Crippen LogP contribution in [0.25, 0.3) is 0 Å². The molecule has 1 heterocycles. The fourth-order valence-corrected chi connectivity index (χ4v) is 4.22. The quantitative estimate of drug-likeness (QED) is 0.455. The molecule has 1 saturated carbocycles. The van der Waals surface area contributed by atoms with Crippen molar-refractivity contribution in [2.24, 2.45) is 0 Å². The molecule has 1 fully saturated rings. The number of nitrogens with one attached hydrogen (secondary N) is 4. The second kappa shape index (κ2) is 7.38. The molecule has 1 aromatic carbocycles. The Morgan fingerprint density at radius 1 is 1.12 bits per heavy atom. The number of hydrazine groups is 1. The number of thiocarbonyl (C=S) groups is 1. The van der Waals surface area contributed by atoms with Crippen LogP contribution < -0.4 is 20.9 Å². The van der Waals surface area contributed by atoms with Crippen LogP contribution in [0.4, 0.5) is 5.69 Å². The molecule has 1 aliphatic rings. The molecule has 10 heteroatoms. The van der Waals surface area contributed by atoms with Crippen molar-refractivity contribution in [1.29, 1.82) is 0 Å². The first kappa shape index (κ1) is 17.6. The summed E-state index contributed by atoms with van der Waals surface area (Å²) in [7, 11) is -3.60. The highest BCUT2D eigenvalue weighted by Crippen LogP contribution is 2.20. The van der Waals surface area contributed by atoms with E-state index in [0.29, 0.717) is 22.4 Å². The minimum Gasteiger partial charge on any atom is -0.359 e. The van der Waals surface area contributed by atoms with E-state index < -0.39 is 10.0 Å². The maximum absolute atomic E-state index is 12.1. The number of carbonyl (C=O) groups excluding carboxylic acids is 1. The molecular formula is C15H16N4O3S3. The van der Waals surface area contributed by atoms with Gasteiger partial charge in [-0.15, -0.1) is 11.3 Å². The second-order valence-corrected chi connectivity index (χ2v) is 8.71. The van der Waals surface area contributed by atoms with Crippen molar-refractivity contribution in [1.82, 2.24) is 16.2 Å². The number of sulfonamides is 1. The zero-order chi connectivity index (χ0) is 17.9. The van der Waals surface area contributed by atoms with E-state index in [-0.39, 0.29) is 10.1 Å². The van der Waals surface area contributed by atoms with E-state index in [1.54, 1.807) is 11.4 Å². The minimum atomic E-state index is -3.60. The fraction of sp³-hybridized carbons (Fsp3) is 0.200. The van der Waals surface area contributed by atoms with Crippen LogP contribution >= 0.6 is 23.6 Å². The van der Waals surface area contributed by atoms with Crippen LogP contribution in [0.1, 0.15) is 23.2 Å². The van der Waals surface area contributed by atoms with Gasteiger partial charge in [-0.3, -0.25) is 20.4 Å². The lowest BCUT2D eigenvalue weighted by Gasteiger charge is -2.11. The molecule has 1 aromatic heterocycles. The maximum atomic E-state index is 12.1. The topological polar surface area (TPSA) is 99.3 Å². The third-order valence-corrected chi connectivity index (χ3v) is 6.36. The summed E-state index contributed by atoms with van der Waals surface area (Å²) in [5, 5.41) is 5.10. The van der Waals surface area contributed by atoms with Crippen molar-refractivity contribution in [2.75, 3.05) is 4.72 Å². The predicted octanol–water partition coefficient (Wildman–Crippen LogP) is 1.82. The zero-order valence-corrected chi connectivity index (χ0v) is 15.4. The van der Waals surface area contributed by atoms with Crippen molar-refractivity contribution in [2.45, 2.75) is 23.1 Å². The largest absolute Gasteiger partial charge is 0.359 e. The molecule has 7 nitrogen and oxygen atoms in total. The highest BCUT2D eigenvalue weighted by Gasteiger charge is 2.21. The Bertz CT molecular complexity index is 860. The summed E-state index contributed by atoms with van der Waals surface area (Å²) >= 11 is 6.18. The third kappa shape index (κ3) is 4.91. The Morgan fingerprint density at radius 2 is 1.84 bits per heavy atom. The molecule has 132 valence electrons. The summed E-state index contributed by atoms with van der Waals surface area (Å²) in [6.07, 6.45) is 2.16. The first-order valence-electron chi connectivity index (χ1n) is 7.47. The van der Waals surface area contributed by atoms with Crippen molar-refractivity contribution >= 4 is 50.3 Å². The molecule has 25 heavy (non-hydrogen) atoms. The standard InChI is InChI=1S/C15H16N4O3S3/c20-14(17-18-15(23)16-11-7-8-11)10-3-5-12(6-4-10)19-25(21,22)13-2-1-9-24-13/h1-6,9,11,19H,7-8H2,(H,17,20)(H2,16,18,23). The van der Waals surface area contributed by atoms with Crippen LogP contribution in [-0.2, 0) is 10.0 Å². The van der Waals surface area contributed by atoms with Crippen molar-refractivity contribution in [3.63, 3.8) is 0 Å².